The monoisotopic (exact) mass is 283 g/mol. The molecule has 0 unspecified atom stereocenters. The van der Waals surface area contributed by atoms with Crippen LogP contribution in [0.3, 0.4) is 0 Å². The highest BCUT2D eigenvalue weighted by atomic mass is 16.2. The maximum absolute atomic E-state index is 12.4. The predicted octanol–water partition coefficient (Wildman–Crippen LogP) is 2.06. The van der Waals surface area contributed by atoms with E-state index in [1.165, 1.54) is 0 Å². The van der Waals surface area contributed by atoms with Gasteiger partial charge in [-0.25, -0.2) is 0 Å². The summed E-state index contributed by atoms with van der Waals surface area (Å²) in [6, 6.07) is 7.02. The molecule has 5 nitrogen and oxygen atoms in total. The third-order valence-electron chi connectivity index (χ3n) is 3.77. The van der Waals surface area contributed by atoms with Crippen LogP contribution < -0.4 is 5.56 Å². The molecule has 1 amide bonds. The molecule has 0 atom stereocenters. The van der Waals surface area contributed by atoms with E-state index in [0.717, 1.165) is 37.9 Å². The van der Waals surface area contributed by atoms with E-state index in [1.807, 2.05) is 12.1 Å². The summed E-state index contributed by atoms with van der Waals surface area (Å²) in [7, 11) is 0. The summed E-state index contributed by atoms with van der Waals surface area (Å²) in [6.45, 7) is 1.48. The molecule has 108 valence electrons. The molecular weight excluding hydrogens is 266 g/mol. The van der Waals surface area contributed by atoms with E-state index in [-0.39, 0.29) is 17.0 Å². The lowest BCUT2D eigenvalue weighted by Gasteiger charge is -2.26. The van der Waals surface area contributed by atoms with Crippen molar-refractivity contribution >= 4 is 5.91 Å². The van der Waals surface area contributed by atoms with Crippen molar-refractivity contribution in [1.82, 2.24) is 14.9 Å². The van der Waals surface area contributed by atoms with Crippen LogP contribution in [0.4, 0.5) is 0 Å². The smallest absolute Gasteiger partial charge is 0.261 e. The quantitative estimate of drug-likeness (QED) is 0.917. The van der Waals surface area contributed by atoms with Gasteiger partial charge in [0.1, 0.15) is 5.56 Å². The van der Waals surface area contributed by atoms with E-state index in [0.29, 0.717) is 5.69 Å². The van der Waals surface area contributed by atoms with Crippen molar-refractivity contribution in [2.24, 2.45) is 0 Å². The lowest BCUT2D eigenvalue weighted by Crippen LogP contribution is -2.38. The second kappa shape index (κ2) is 5.91. The maximum atomic E-state index is 12.4. The Balaban J connectivity index is 1.88. The van der Waals surface area contributed by atoms with Crippen LogP contribution in [-0.2, 0) is 0 Å². The standard InChI is InChI=1S/C16H17N3O2/c20-15-13(16(21)19-10-2-1-3-11-19)4-5-14(18-15)12-6-8-17-9-7-12/h4-9H,1-3,10-11H2,(H,18,20). The number of carbonyl (C=O) groups excluding carboxylic acids is 1. The van der Waals surface area contributed by atoms with Crippen LogP contribution in [0.15, 0.2) is 41.5 Å². The van der Waals surface area contributed by atoms with Gasteiger partial charge in [-0.1, -0.05) is 0 Å². The van der Waals surface area contributed by atoms with Crippen LogP contribution in [-0.4, -0.2) is 33.9 Å². The highest BCUT2D eigenvalue weighted by molar-refractivity contribution is 5.94. The Hall–Kier alpha value is -2.43. The van der Waals surface area contributed by atoms with Gasteiger partial charge < -0.3 is 9.88 Å². The maximum Gasteiger partial charge on any atom is 0.261 e. The summed E-state index contributed by atoms with van der Waals surface area (Å²) in [5.74, 6) is -0.169. The van der Waals surface area contributed by atoms with E-state index in [2.05, 4.69) is 9.97 Å². The third-order valence-corrected chi connectivity index (χ3v) is 3.77. The predicted molar refractivity (Wildman–Crippen MR) is 80.0 cm³/mol. The number of aromatic amines is 1. The average molecular weight is 283 g/mol. The fourth-order valence-corrected chi connectivity index (χ4v) is 2.61. The molecule has 2 aromatic rings. The lowest BCUT2D eigenvalue weighted by atomic mass is 10.1. The molecule has 5 heteroatoms. The first-order valence-electron chi connectivity index (χ1n) is 7.19. The summed E-state index contributed by atoms with van der Waals surface area (Å²) >= 11 is 0. The Morgan fingerprint density at radius 3 is 2.43 bits per heavy atom. The highest BCUT2D eigenvalue weighted by Crippen LogP contribution is 2.15. The van der Waals surface area contributed by atoms with Gasteiger partial charge in [0.2, 0.25) is 0 Å². The van der Waals surface area contributed by atoms with E-state index >= 15 is 0 Å². The normalized spacial score (nSPS) is 15.0. The van der Waals surface area contributed by atoms with Gasteiger partial charge in [0.25, 0.3) is 11.5 Å². The Labute approximate surface area is 122 Å². The summed E-state index contributed by atoms with van der Waals surface area (Å²) in [5, 5.41) is 0. The molecule has 1 saturated heterocycles. The molecule has 0 bridgehead atoms. The summed E-state index contributed by atoms with van der Waals surface area (Å²) in [5.41, 5.74) is 1.45. The minimum atomic E-state index is -0.333. The Morgan fingerprint density at radius 1 is 1.05 bits per heavy atom. The average Bonchev–Trinajstić information content (AvgIpc) is 2.56. The van der Waals surface area contributed by atoms with Gasteiger partial charge in [-0.15, -0.1) is 0 Å². The van der Waals surface area contributed by atoms with Crippen LogP contribution in [0.1, 0.15) is 29.6 Å². The summed E-state index contributed by atoms with van der Waals surface area (Å²) in [6.07, 6.45) is 6.51. The first kappa shape index (κ1) is 13.5. The van der Waals surface area contributed by atoms with E-state index in [4.69, 9.17) is 0 Å². The number of rotatable bonds is 2. The number of nitrogens with one attached hydrogen (secondary N) is 1. The molecule has 1 aliphatic rings. The van der Waals surface area contributed by atoms with Crippen LogP contribution >= 0.6 is 0 Å². The molecule has 0 aromatic carbocycles. The third kappa shape index (κ3) is 2.86. The summed E-state index contributed by atoms with van der Waals surface area (Å²) in [4.78, 5) is 33.0. The number of likely N-dealkylation sites (tertiary alicyclic amines) is 1. The number of aromatic nitrogens is 2. The van der Waals surface area contributed by atoms with Gasteiger partial charge in [0, 0.05) is 36.7 Å². The molecule has 3 heterocycles. The van der Waals surface area contributed by atoms with Gasteiger partial charge in [-0.2, -0.15) is 0 Å². The van der Waals surface area contributed by atoms with Crippen molar-refractivity contribution in [2.45, 2.75) is 19.3 Å². The fraction of sp³-hybridized carbons (Fsp3) is 0.312. The van der Waals surface area contributed by atoms with Gasteiger partial charge in [-0.05, 0) is 43.5 Å². The first-order valence-corrected chi connectivity index (χ1v) is 7.19. The lowest BCUT2D eigenvalue weighted by molar-refractivity contribution is 0.0722. The van der Waals surface area contributed by atoms with E-state index in [1.54, 1.807) is 29.4 Å². The van der Waals surface area contributed by atoms with Gasteiger partial charge in [0.05, 0.1) is 0 Å². The first-order chi connectivity index (χ1) is 10.3. The zero-order valence-electron chi connectivity index (χ0n) is 11.7. The SMILES string of the molecule is O=C(c1ccc(-c2ccncc2)[nH]c1=O)N1CCCCC1. The van der Waals surface area contributed by atoms with Crippen LogP contribution in [0.25, 0.3) is 11.3 Å². The molecule has 3 rings (SSSR count). The zero-order valence-corrected chi connectivity index (χ0v) is 11.7. The second-order valence-corrected chi connectivity index (χ2v) is 5.20. The van der Waals surface area contributed by atoms with Crippen molar-refractivity contribution in [3.05, 3.63) is 52.6 Å². The fourth-order valence-electron chi connectivity index (χ4n) is 2.61. The van der Waals surface area contributed by atoms with Crippen molar-refractivity contribution < 1.29 is 4.79 Å². The number of amides is 1. The molecule has 2 aromatic heterocycles. The number of nitrogens with zero attached hydrogens (tertiary/aromatic N) is 2. The van der Waals surface area contributed by atoms with Gasteiger partial charge in [0.15, 0.2) is 0 Å². The molecule has 1 fully saturated rings. The second-order valence-electron chi connectivity index (χ2n) is 5.20. The van der Waals surface area contributed by atoms with Gasteiger partial charge >= 0.3 is 0 Å². The van der Waals surface area contributed by atoms with Crippen molar-refractivity contribution in [2.75, 3.05) is 13.1 Å². The number of hydrogen-bond donors (Lipinski definition) is 1. The topological polar surface area (TPSA) is 66.1 Å². The Kier molecular flexibility index (Phi) is 3.81. The van der Waals surface area contributed by atoms with Crippen LogP contribution in [0.2, 0.25) is 0 Å². The van der Waals surface area contributed by atoms with Crippen molar-refractivity contribution in [3.63, 3.8) is 0 Å². The molecule has 1 aliphatic heterocycles. The van der Waals surface area contributed by atoms with Crippen molar-refractivity contribution in [3.8, 4) is 11.3 Å². The zero-order chi connectivity index (χ0) is 14.7. The Bertz CT molecular complexity index is 688. The molecule has 0 spiro atoms. The van der Waals surface area contributed by atoms with Crippen LogP contribution in [0.5, 0.6) is 0 Å². The molecule has 21 heavy (non-hydrogen) atoms. The molecular formula is C16H17N3O2. The van der Waals surface area contributed by atoms with E-state index < -0.39 is 0 Å². The van der Waals surface area contributed by atoms with Gasteiger partial charge in [-0.3, -0.25) is 14.6 Å². The number of hydrogen-bond acceptors (Lipinski definition) is 3. The largest absolute Gasteiger partial charge is 0.338 e. The number of carbonyl (C=O) groups is 1. The van der Waals surface area contributed by atoms with E-state index in [9.17, 15) is 9.59 Å². The Morgan fingerprint density at radius 2 is 1.76 bits per heavy atom. The molecule has 0 aliphatic carbocycles. The molecule has 1 N–H and O–H groups in total. The van der Waals surface area contributed by atoms with Crippen LogP contribution in [0, 0.1) is 0 Å². The van der Waals surface area contributed by atoms with Crippen molar-refractivity contribution in [1.29, 1.82) is 0 Å². The minimum absolute atomic E-state index is 0.169. The molecule has 0 radical (unpaired) electrons. The number of pyridine rings is 2. The minimum Gasteiger partial charge on any atom is -0.338 e. The highest BCUT2D eigenvalue weighted by Gasteiger charge is 2.20. The number of H-pyrrole nitrogens is 1. The number of piperidine rings is 1. The summed E-state index contributed by atoms with van der Waals surface area (Å²) < 4.78 is 0. The molecule has 0 saturated carbocycles.